The van der Waals surface area contributed by atoms with Crippen molar-refractivity contribution >= 4 is 58.1 Å². The molecule has 1 aromatic heterocycles. The maximum Gasteiger partial charge on any atom is 0.305 e. The van der Waals surface area contributed by atoms with Gasteiger partial charge in [-0.1, -0.05) is 35.1 Å². The molecule has 0 spiro atoms. The van der Waals surface area contributed by atoms with Crippen LogP contribution in [-0.2, 0) is 14.4 Å². The third kappa shape index (κ3) is 3.57. The molecule has 2 saturated carbocycles. The van der Waals surface area contributed by atoms with Crippen LogP contribution in [0.2, 0.25) is 5.02 Å². The van der Waals surface area contributed by atoms with Crippen LogP contribution in [0.4, 0.5) is 5.69 Å². The van der Waals surface area contributed by atoms with E-state index in [9.17, 15) is 24.3 Å². The minimum atomic E-state index is -0.463. The second-order valence-electron chi connectivity index (χ2n) is 10.4. The van der Waals surface area contributed by atoms with Crippen LogP contribution in [-0.4, -0.2) is 44.5 Å². The fourth-order valence-corrected chi connectivity index (χ4v) is 10.2. The van der Waals surface area contributed by atoms with Gasteiger partial charge < -0.3 is 15.4 Å². The largest absolute Gasteiger partial charge is 0.508 e. The van der Waals surface area contributed by atoms with E-state index in [4.69, 9.17) is 11.6 Å². The molecule has 38 heavy (non-hydrogen) atoms. The molecule has 2 aromatic carbocycles. The number of thioether (sulfide) groups is 1. The summed E-state index contributed by atoms with van der Waals surface area (Å²) in [6.45, 7) is -0.322. The Labute approximate surface area is 230 Å². The van der Waals surface area contributed by atoms with Crippen molar-refractivity contribution in [2.24, 2.45) is 29.6 Å². The molecule has 7 atom stereocenters. The number of hydrogen-bond acceptors (Lipinski definition) is 7. The van der Waals surface area contributed by atoms with Gasteiger partial charge >= 0.3 is 4.87 Å². The number of halogens is 1. The second-order valence-corrected chi connectivity index (χ2v) is 13.0. The number of phenolic OH excluding ortho intramolecular Hbond substituents is 1. The highest BCUT2D eigenvalue weighted by Crippen LogP contribution is 2.68. The third-order valence-corrected chi connectivity index (χ3v) is 11.3. The molecule has 2 aliphatic heterocycles. The molecule has 2 bridgehead atoms. The van der Waals surface area contributed by atoms with Crippen LogP contribution in [0.1, 0.15) is 22.8 Å². The molecule has 194 valence electrons. The summed E-state index contributed by atoms with van der Waals surface area (Å²) in [4.78, 5) is 57.2. The van der Waals surface area contributed by atoms with Crippen LogP contribution in [0.15, 0.2) is 58.4 Å². The number of thiazole rings is 1. The lowest BCUT2D eigenvalue weighted by atomic mass is 9.68. The topological polar surface area (TPSA) is 120 Å². The molecule has 3 amide bonds. The van der Waals surface area contributed by atoms with E-state index < -0.39 is 17.7 Å². The van der Waals surface area contributed by atoms with Crippen molar-refractivity contribution in [2.75, 3.05) is 11.9 Å². The molecular formula is C27H22ClN3O5S2. The molecule has 3 fully saturated rings. The fourth-order valence-electron chi connectivity index (χ4n) is 7.17. The molecule has 3 heterocycles. The van der Waals surface area contributed by atoms with E-state index in [0.29, 0.717) is 10.7 Å². The number of benzene rings is 2. The number of carbonyl (C=O) groups excluding carboxylic acids is 3. The van der Waals surface area contributed by atoms with E-state index in [-0.39, 0.29) is 57.9 Å². The molecule has 1 saturated heterocycles. The number of fused-ring (bicyclic) bond motifs is 9. The standard InChI is InChI=1S/C27H22ClN3O5S2/c28-12-3-5-13(6-4-12)29-17(33)10-31-25(34)20-15-9-16(21(20)26(31)35)22-19(15)18(11-1-7-14(32)8-2-11)23-24(37-22)30-27(36)38-23/h1-8,15-16,18-22,32H,9-10H2,(H,29,33)(H,30,36). The molecule has 8 nitrogen and oxygen atoms in total. The normalized spacial score (nSPS) is 30.8. The van der Waals surface area contributed by atoms with Crippen LogP contribution in [0.5, 0.6) is 5.75 Å². The summed E-state index contributed by atoms with van der Waals surface area (Å²) < 4.78 is 0. The van der Waals surface area contributed by atoms with E-state index >= 15 is 0 Å². The van der Waals surface area contributed by atoms with Crippen LogP contribution >= 0.6 is 34.7 Å². The second kappa shape index (κ2) is 8.72. The van der Waals surface area contributed by atoms with E-state index in [1.54, 1.807) is 48.2 Å². The van der Waals surface area contributed by atoms with Crippen molar-refractivity contribution in [3.63, 3.8) is 0 Å². The average Bonchev–Trinajstić information content (AvgIpc) is 3.62. The summed E-state index contributed by atoms with van der Waals surface area (Å²) in [6, 6.07) is 13.7. The first-order valence-corrected chi connectivity index (χ1v) is 14.5. The summed E-state index contributed by atoms with van der Waals surface area (Å²) in [7, 11) is 0. The molecular weight excluding hydrogens is 546 g/mol. The number of H-pyrrole nitrogens is 1. The van der Waals surface area contributed by atoms with Crippen molar-refractivity contribution in [3.8, 4) is 5.75 Å². The number of aromatic hydroxyl groups is 1. The lowest BCUT2D eigenvalue weighted by Gasteiger charge is -2.43. The van der Waals surface area contributed by atoms with Gasteiger partial charge in [0.05, 0.1) is 16.9 Å². The number of anilines is 1. The van der Waals surface area contributed by atoms with Gasteiger partial charge in [0.2, 0.25) is 17.7 Å². The predicted octanol–water partition coefficient (Wildman–Crippen LogP) is 3.91. The first kappa shape index (κ1) is 24.0. The minimum absolute atomic E-state index is 0.0167. The van der Waals surface area contributed by atoms with Gasteiger partial charge in [0.25, 0.3) is 0 Å². The zero-order valence-electron chi connectivity index (χ0n) is 19.8. The summed E-state index contributed by atoms with van der Waals surface area (Å²) >= 11 is 8.72. The zero-order chi connectivity index (χ0) is 26.3. The Bertz CT molecular complexity index is 1540. The minimum Gasteiger partial charge on any atom is -0.508 e. The summed E-state index contributed by atoms with van der Waals surface area (Å²) in [5.74, 6) is -1.83. The Morgan fingerprint density at radius 3 is 2.42 bits per heavy atom. The number of carbonyl (C=O) groups is 3. The van der Waals surface area contributed by atoms with Crippen molar-refractivity contribution in [2.45, 2.75) is 22.6 Å². The Kier molecular flexibility index (Phi) is 5.51. The number of nitrogens with one attached hydrogen (secondary N) is 2. The highest BCUT2D eigenvalue weighted by molar-refractivity contribution is 8.00. The van der Waals surface area contributed by atoms with Gasteiger partial charge in [0.15, 0.2) is 0 Å². The van der Waals surface area contributed by atoms with Crippen LogP contribution in [0, 0.1) is 29.6 Å². The quantitative estimate of drug-likeness (QED) is 0.411. The number of imide groups is 1. The maximum atomic E-state index is 13.6. The van der Waals surface area contributed by atoms with Crippen LogP contribution in [0.25, 0.3) is 0 Å². The maximum absolute atomic E-state index is 13.6. The summed E-state index contributed by atoms with van der Waals surface area (Å²) in [6.07, 6.45) is 0.772. The average molecular weight is 568 g/mol. The van der Waals surface area contributed by atoms with Crippen molar-refractivity contribution < 1.29 is 19.5 Å². The van der Waals surface area contributed by atoms with Gasteiger partial charge in [-0.25, -0.2) is 0 Å². The van der Waals surface area contributed by atoms with Gasteiger partial charge in [-0.2, -0.15) is 0 Å². The van der Waals surface area contributed by atoms with Crippen molar-refractivity contribution in [1.29, 1.82) is 0 Å². The smallest absolute Gasteiger partial charge is 0.305 e. The Hall–Kier alpha value is -3.08. The lowest BCUT2D eigenvalue weighted by Crippen LogP contribution is -2.42. The third-order valence-electron chi connectivity index (χ3n) is 8.50. The first-order chi connectivity index (χ1) is 18.3. The molecule has 2 aliphatic carbocycles. The van der Waals surface area contributed by atoms with Crippen molar-refractivity contribution in [3.05, 3.63) is 73.7 Å². The molecule has 7 unspecified atom stereocenters. The summed E-state index contributed by atoms with van der Waals surface area (Å²) in [5, 5.41) is 14.0. The van der Waals surface area contributed by atoms with E-state index in [0.717, 1.165) is 26.8 Å². The number of likely N-dealkylation sites (tertiary alicyclic amines) is 1. The molecule has 3 aromatic rings. The molecule has 3 N–H and O–H groups in total. The monoisotopic (exact) mass is 567 g/mol. The number of phenols is 1. The van der Waals surface area contributed by atoms with E-state index in [1.165, 1.54) is 11.3 Å². The number of nitrogens with zero attached hydrogens (tertiary/aromatic N) is 1. The van der Waals surface area contributed by atoms with Crippen LogP contribution < -0.4 is 10.2 Å². The fraction of sp³-hybridized carbons (Fsp3) is 0.333. The number of aromatic amines is 1. The van der Waals surface area contributed by atoms with E-state index in [1.807, 2.05) is 12.1 Å². The van der Waals surface area contributed by atoms with Gasteiger partial charge in [0, 0.05) is 26.8 Å². The molecule has 4 aliphatic rings. The Balaban J connectivity index is 1.19. The highest BCUT2D eigenvalue weighted by atomic mass is 35.5. The number of hydrogen-bond donors (Lipinski definition) is 3. The van der Waals surface area contributed by atoms with Gasteiger partial charge in [-0.15, -0.1) is 11.8 Å². The highest BCUT2D eigenvalue weighted by Gasteiger charge is 2.69. The SMILES string of the molecule is O=C(CN1C(=O)C2C3CC(C2C1=O)C1C(c2ccc(O)cc2)c2sc(=O)[nH]c2SC31)Nc1ccc(Cl)cc1. The molecule has 11 heteroatoms. The number of aromatic nitrogens is 1. The van der Waals surface area contributed by atoms with Gasteiger partial charge in [0.1, 0.15) is 12.3 Å². The summed E-state index contributed by atoms with van der Waals surface area (Å²) in [5.41, 5.74) is 1.52. The molecule has 0 radical (unpaired) electrons. The Morgan fingerprint density at radius 2 is 1.71 bits per heavy atom. The predicted molar refractivity (Wildman–Crippen MR) is 143 cm³/mol. The number of rotatable bonds is 4. The molecule has 7 rings (SSSR count). The van der Waals surface area contributed by atoms with Gasteiger partial charge in [-0.05, 0) is 66.1 Å². The first-order valence-electron chi connectivity index (χ1n) is 12.4. The van der Waals surface area contributed by atoms with Gasteiger partial charge in [-0.3, -0.25) is 24.1 Å². The Morgan fingerprint density at radius 1 is 1.03 bits per heavy atom. The lowest BCUT2D eigenvalue weighted by molar-refractivity contribution is -0.143. The van der Waals surface area contributed by atoms with Crippen LogP contribution in [0.3, 0.4) is 0 Å². The van der Waals surface area contributed by atoms with Crippen molar-refractivity contribution in [1.82, 2.24) is 9.88 Å². The van der Waals surface area contributed by atoms with E-state index in [2.05, 4.69) is 10.3 Å². The number of amides is 3. The zero-order valence-corrected chi connectivity index (χ0v) is 22.2.